The maximum atomic E-state index is 10.4. The van der Waals surface area contributed by atoms with Crippen LogP contribution in [0, 0.1) is 20.2 Å². The molecular weight excluding hydrogens is 312 g/mol. The van der Waals surface area contributed by atoms with Gasteiger partial charge < -0.3 is 21.7 Å². The predicted molar refractivity (Wildman–Crippen MR) is 79.5 cm³/mol. The summed E-state index contributed by atoms with van der Waals surface area (Å²) in [5, 5.41) is 38.3. The van der Waals surface area contributed by atoms with Crippen LogP contribution in [-0.2, 0) is 4.79 Å². The molecule has 0 aliphatic heterocycles. The number of unbranched alkanes of at least 4 members (excludes halogenated alkanes) is 1. The Morgan fingerprint density at radius 3 is 2.30 bits per heavy atom. The molecule has 0 spiro atoms. The number of nitrogens with two attached hydrogens (primary N) is 2. The fraction of sp³-hybridized carbons (Fsp3) is 0.583. The molecule has 11 nitrogen and oxygen atoms in total. The maximum absolute atomic E-state index is 10.4. The fourth-order valence-electron chi connectivity index (χ4n) is 1.63. The van der Waals surface area contributed by atoms with E-state index in [0.717, 1.165) is 25.0 Å². The number of hydrogen-bond donors (Lipinski definition) is 4. The minimum Gasteiger partial charge on any atom is -0.480 e. The van der Waals surface area contributed by atoms with E-state index in [1.165, 1.54) is 12.2 Å². The van der Waals surface area contributed by atoms with Gasteiger partial charge in [0, 0.05) is 11.0 Å². The quantitative estimate of drug-likeness (QED) is 0.200. The zero-order valence-electron chi connectivity index (χ0n) is 12.3. The highest BCUT2D eigenvalue weighted by atomic mass is 16.7. The van der Waals surface area contributed by atoms with E-state index < -0.39 is 33.6 Å². The molecule has 1 aliphatic carbocycles. The maximum Gasteiger partial charge on any atom is 0.413 e. The van der Waals surface area contributed by atoms with Gasteiger partial charge in [-0.2, -0.15) is 0 Å². The summed E-state index contributed by atoms with van der Waals surface area (Å²) in [4.78, 5) is 28.8. The van der Waals surface area contributed by atoms with Crippen molar-refractivity contribution >= 4 is 5.97 Å². The molecule has 1 rings (SSSR count). The monoisotopic (exact) mass is 332 g/mol. The van der Waals surface area contributed by atoms with Crippen molar-refractivity contribution in [3.05, 3.63) is 44.5 Å². The minimum atomic E-state index is -2.63. The Kier molecular flexibility index (Phi) is 8.62. The number of aliphatic hydroxyl groups is 1. The second-order valence-electron chi connectivity index (χ2n) is 4.74. The molecule has 11 heteroatoms. The molecule has 0 saturated heterocycles. The van der Waals surface area contributed by atoms with Crippen molar-refractivity contribution in [2.75, 3.05) is 6.54 Å². The normalized spacial score (nSPS) is 23.5. The first-order valence-corrected chi connectivity index (χ1v) is 6.71. The van der Waals surface area contributed by atoms with Gasteiger partial charge in [0.25, 0.3) is 0 Å². The van der Waals surface area contributed by atoms with Crippen LogP contribution < -0.4 is 11.5 Å². The van der Waals surface area contributed by atoms with Crippen molar-refractivity contribution in [1.82, 2.24) is 0 Å². The molecule has 23 heavy (non-hydrogen) atoms. The number of carboxylic acids is 1. The number of allylic oxidation sites excluding steroid dienone is 2. The van der Waals surface area contributed by atoms with Crippen molar-refractivity contribution in [3.63, 3.8) is 0 Å². The SMILES string of the molecule is NCCCC[C@H](N)C(=O)O.O=[N+]([O-])C1C=CC=CC1(O)[N+](=O)[O-]. The van der Waals surface area contributed by atoms with E-state index in [9.17, 15) is 30.1 Å². The first kappa shape index (κ1) is 20.6. The number of hydrogen-bond acceptors (Lipinski definition) is 8. The van der Waals surface area contributed by atoms with Crippen LogP contribution in [0.3, 0.4) is 0 Å². The Bertz CT molecular complexity index is 494. The molecule has 0 amide bonds. The average molecular weight is 332 g/mol. The van der Waals surface area contributed by atoms with Crippen LogP contribution in [0.25, 0.3) is 0 Å². The number of carbonyl (C=O) groups is 1. The minimum absolute atomic E-state index is 0.520. The van der Waals surface area contributed by atoms with Crippen LogP contribution in [0.15, 0.2) is 24.3 Å². The summed E-state index contributed by atoms with van der Waals surface area (Å²) in [6, 6.07) is -2.45. The van der Waals surface area contributed by atoms with Gasteiger partial charge in [-0.15, -0.1) is 0 Å². The summed E-state index contributed by atoms with van der Waals surface area (Å²) in [5.41, 5.74) is 7.79. The summed E-state index contributed by atoms with van der Waals surface area (Å²) >= 11 is 0. The Morgan fingerprint density at radius 2 is 1.91 bits per heavy atom. The molecule has 1 aliphatic rings. The molecule has 0 aromatic carbocycles. The standard InChI is InChI=1S/C6H6N2O5.C6H14N2O2/c9-6(8(12)13)4-2-1-3-5(6)7(10)11;7-4-2-1-3-5(8)6(9)10/h1-5,9H;5H,1-4,7-8H2,(H,9,10)/t;5-/m.0/s1. The van der Waals surface area contributed by atoms with Gasteiger partial charge in [0.2, 0.25) is 0 Å². The topological polar surface area (TPSA) is 196 Å². The number of rotatable bonds is 7. The summed E-state index contributed by atoms with van der Waals surface area (Å²) < 4.78 is 0. The van der Waals surface area contributed by atoms with E-state index in [-0.39, 0.29) is 0 Å². The van der Waals surface area contributed by atoms with Crippen LogP contribution >= 0.6 is 0 Å². The Hall–Kier alpha value is -2.37. The fourth-order valence-corrected chi connectivity index (χ4v) is 1.63. The molecule has 2 unspecified atom stereocenters. The van der Waals surface area contributed by atoms with Crippen LogP contribution in [-0.4, -0.2) is 50.4 Å². The molecule has 0 radical (unpaired) electrons. The van der Waals surface area contributed by atoms with Gasteiger partial charge >= 0.3 is 17.7 Å². The van der Waals surface area contributed by atoms with Crippen LogP contribution in [0.5, 0.6) is 0 Å². The summed E-state index contributed by atoms with van der Waals surface area (Å²) in [5.74, 6) is -0.933. The van der Waals surface area contributed by atoms with E-state index >= 15 is 0 Å². The van der Waals surface area contributed by atoms with Crippen molar-refractivity contribution in [2.24, 2.45) is 11.5 Å². The van der Waals surface area contributed by atoms with Crippen molar-refractivity contribution in [1.29, 1.82) is 0 Å². The van der Waals surface area contributed by atoms with E-state index in [0.29, 0.717) is 13.0 Å². The zero-order chi connectivity index (χ0) is 18.0. The van der Waals surface area contributed by atoms with E-state index in [1.54, 1.807) is 0 Å². The van der Waals surface area contributed by atoms with Gasteiger partial charge in [-0.3, -0.25) is 25.0 Å². The second kappa shape index (κ2) is 9.61. The lowest BCUT2D eigenvalue weighted by atomic mass is 10.0. The Balaban J connectivity index is 0.000000438. The smallest absolute Gasteiger partial charge is 0.413 e. The first-order valence-electron chi connectivity index (χ1n) is 6.71. The van der Waals surface area contributed by atoms with E-state index in [2.05, 4.69) is 0 Å². The van der Waals surface area contributed by atoms with Gasteiger partial charge in [0.1, 0.15) is 6.04 Å². The number of carboxylic acid groups (broad SMARTS) is 1. The third-order valence-corrected chi connectivity index (χ3v) is 2.99. The molecule has 130 valence electrons. The molecular formula is C12H20N4O7. The lowest BCUT2D eigenvalue weighted by Gasteiger charge is -2.18. The Labute approximate surface area is 131 Å². The van der Waals surface area contributed by atoms with E-state index in [1.807, 2.05) is 0 Å². The lowest BCUT2D eigenvalue weighted by Crippen LogP contribution is -2.51. The third-order valence-electron chi connectivity index (χ3n) is 2.99. The number of nitro groups is 2. The first-order chi connectivity index (χ1) is 10.7. The molecule has 6 N–H and O–H groups in total. The molecule has 0 fully saturated rings. The van der Waals surface area contributed by atoms with Gasteiger partial charge in [0.05, 0.1) is 4.92 Å². The van der Waals surface area contributed by atoms with Crippen LogP contribution in [0.1, 0.15) is 19.3 Å². The summed E-state index contributed by atoms with van der Waals surface area (Å²) in [6.45, 7) is 0.604. The van der Waals surface area contributed by atoms with Gasteiger partial charge in [-0.25, -0.2) is 0 Å². The highest BCUT2D eigenvalue weighted by Crippen LogP contribution is 2.20. The molecule has 3 atom stereocenters. The van der Waals surface area contributed by atoms with Gasteiger partial charge in [0.15, 0.2) is 0 Å². The highest BCUT2D eigenvalue weighted by Gasteiger charge is 2.54. The zero-order valence-corrected chi connectivity index (χ0v) is 12.3. The summed E-state index contributed by atoms with van der Waals surface area (Å²) in [6.07, 6.45) is 6.41. The second-order valence-corrected chi connectivity index (χ2v) is 4.74. The molecule has 0 aromatic heterocycles. The summed E-state index contributed by atoms with van der Waals surface area (Å²) in [7, 11) is 0. The molecule has 0 heterocycles. The Morgan fingerprint density at radius 1 is 1.30 bits per heavy atom. The van der Waals surface area contributed by atoms with Gasteiger partial charge in [-0.05, 0) is 25.5 Å². The van der Waals surface area contributed by atoms with E-state index in [4.69, 9.17) is 16.6 Å². The highest BCUT2D eigenvalue weighted by molar-refractivity contribution is 5.72. The molecule has 0 bridgehead atoms. The molecule has 0 aromatic rings. The molecule has 0 saturated carbocycles. The third kappa shape index (κ3) is 6.50. The van der Waals surface area contributed by atoms with Crippen molar-refractivity contribution in [2.45, 2.75) is 37.1 Å². The average Bonchev–Trinajstić information content (AvgIpc) is 2.48. The number of aliphatic carboxylic acids is 1. The lowest BCUT2D eigenvalue weighted by molar-refractivity contribution is -0.675. The predicted octanol–water partition coefficient (Wildman–Crippen LogP) is -0.750. The largest absolute Gasteiger partial charge is 0.480 e. The van der Waals surface area contributed by atoms with Crippen LogP contribution in [0.4, 0.5) is 0 Å². The number of nitrogens with zero attached hydrogens (tertiary/aromatic N) is 2. The van der Waals surface area contributed by atoms with Crippen LogP contribution in [0.2, 0.25) is 0 Å². The van der Waals surface area contributed by atoms with Crippen molar-refractivity contribution in [3.8, 4) is 0 Å². The van der Waals surface area contributed by atoms with Crippen molar-refractivity contribution < 1.29 is 24.9 Å². The van der Waals surface area contributed by atoms with Gasteiger partial charge in [-0.1, -0.05) is 18.6 Å².